The van der Waals surface area contributed by atoms with Crippen LogP contribution in [0.2, 0.25) is 0 Å². The van der Waals surface area contributed by atoms with Crippen LogP contribution in [0.25, 0.3) is 0 Å². The second-order valence-electron chi connectivity index (χ2n) is 2.11. The quantitative estimate of drug-likeness (QED) is 0.501. The zero-order valence-corrected chi connectivity index (χ0v) is 8.81. The summed E-state index contributed by atoms with van der Waals surface area (Å²) in [6.07, 6.45) is 4.21. The lowest BCUT2D eigenvalue weighted by Gasteiger charge is -1.97. The average Bonchev–Trinajstić information content (AvgIpc) is 2.09. The molecule has 0 radical (unpaired) electrons. The molecule has 0 fully saturated rings. The minimum absolute atomic E-state index is 0.226. The van der Waals surface area contributed by atoms with Gasteiger partial charge in [-0.3, -0.25) is 0 Å². The number of thioether (sulfide) groups is 1. The third kappa shape index (κ3) is 3.51. The van der Waals surface area contributed by atoms with E-state index in [0.717, 1.165) is 21.8 Å². The molecule has 0 bridgehead atoms. The van der Waals surface area contributed by atoms with E-state index in [4.69, 9.17) is 5.11 Å². The molecule has 0 aliphatic carbocycles. The summed E-state index contributed by atoms with van der Waals surface area (Å²) >= 11 is 4.80. The van der Waals surface area contributed by atoms with Gasteiger partial charge < -0.3 is 5.11 Å². The van der Waals surface area contributed by atoms with E-state index in [1.54, 1.807) is 24.2 Å². The van der Waals surface area contributed by atoms with Crippen LogP contribution >= 0.6 is 27.7 Å². The molecule has 3 nitrogen and oxygen atoms in total. The molecule has 0 saturated carbocycles. The van der Waals surface area contributed by atoms with Gasteiger partial charge in [0.05, 0.1) is 4.47 Å². The fraction of sp³-hybridized carbons (Fsp3) is 0.429. The van der Waals surface area contributed by atoms with E-state index in [1.807, 2.05) is 0 Å². The average molecular weight is 249 g/mol. The Morgan fingerprint density at radius 1 is 1.42 bits per heavy atom. The third-order valence-electron chi connectivity index (χ3n) is 1.13. The summed E-state index contributed by atoms with van der Waals surface area (Å²) in [7, 11) is 0. The highest BCUT2D eigenvalue weighted by atomic mass is 79.9. The van der Waals surface area contributed by atoms with E-state index >= 15 is 0 Å². The number of hydrogen-bond donors (Lipinski definition) is 1. The van der Waals surface area contributed by atoms with Crippen molar-refractivity contribution in [2.45, 2.75) is 11.6 Å². The number of hydrogen-bond acceptors (Lipinski definition) is 4. The van der Waals surface area contributed by atoms with E-state index < -0.39 is 0 Å². The molecule has 0 aliphatic rings. The van der Waals surface area contributed by atoms with Gasteiger partial charge in [0.1, 0.15) is 0 Å². The summed E-state index contributed by atoms with van der Waals surface area (Å²) in [5, 5.41) is 9.28. The van der Waals surface area contributed by atoms with Crippen LogP contribution in [-0.2, 0) is 0 Å². The van der Waals surface area contributed by atoms with Gasteiger partial charge in [0.25, 0.3) is 0 Å². The van der Waals surface area contributed by atoms with E-state index in [0.29, 0.717) is 0 Å². The molecular formula is C7H9BrN2OS. The Hall–Kier alpha value is -0.130. The first-order chi connectivity index (χ1) is 5.83. The number of aromatic nitrogens is 2. The van der Waals surface area contributed by atoms with E-state index in [-0.39, 0.29) is 6.61 Å². The van der Waals surface area contributed by atoms with Gasteiger partial charge >= 0.3 is 0 Å². The van der Waals surface area contributed by atoms with Crippen LogP contribution < -0.4 is 0 Å². The van der Waals surface area contributed by atoms with E-state index in [2.05, 4.69) is 25.9 Å². The highest BCUT2D eigenvalue weighted by Gasteiger charge is 1.95. The second kappa shape index (κ2) is 5.50. The van der Waals surface area contributed by atoms with Crippen molar-refractivity contribution in [3.8, 4) is 0 Å². The van der Waals surface area contributed by atoms with Gasteiger partial charge in [0.2, 0.25) is 0 Å². The first-order valence-electron chi connectivity index (χ1n) is 3.54. The molecule has 0 aromatic carbocycles. The number of halogens is 1. The number of aliphatic hydroxyl groups excluding tert-OH is 1. The Balaban J connectivity index is 2.37. The Morgan fingerprint density at radius 3 is 2.67 bits per heavy atom. The van der Waals surface area contributed by atoms with Crippen molar-refractivity contribution in [2.75, 3.05) is 12.4 Å². The number of nitrogens with zero attached hydrogens (tertiary/aromatic N) is 2. The van der Waals surface area contributed by atoms with Gasteiger partial charge in [-0.05, 0) is 22.4 Å². The molecule has 0 spiro atoms. The lowest BCUT2D eigenvalue weighted by Crippen LogP contribution is -1.89. The fourth-order valence-corrected chi connectivity index (χ4v) is 1.52. The number of rotatable bonds is 4. The normalized spacial score (nSPS) is 10.2. The van der Waals surface area contributed by atoms with Gasteiger partial charge in [0.15, 0.2) is 5.16 Å². The maximum Gasteiger partial charge on any atom is 0.187 e. The first kappa shape index (κ1) is 9.95. The Morgan fingerprint density at radius 2 is 2.08 bits per heavy atom. The van der Waals surface area contributed by atoms with Crippen LogP contribution in [0.1, 0.15) is 6.42 Å². The molecule has 0 atom stereocenters. The van der Waals surface area contributed by atoms with Crippen LogP contribution in [0.5, 0.6) is 0 Å². The molecule has 1 heterocycles. The molecule has 1 rings (SSSR count). The molecule has 5 heteroatoms. The summed E-state index contributed by atoms with van der Waals surface area (Å²) in [5.41, 5.74) is 0. The third-order valence-corrected chi connectivity index (χ3v) is 2.50. The second-order valence-corrected chi connectivity index (χ2v) is 4.09. The van der Waals surface area contributed by atoms with E-state index in [9.17, 15) is 0 Å². The van der Waals surface area contributed by atoms with Crippen LogP contribution in [-0.4, -0.2) is 27.4 Å². The monoisotopic (exact) mass is 248 g/mol. The molecule has 0 unspecified atom stereocenters. The zero-order chi connectivity index (χ0) is 8.81. The van der Waals surface area contributed by atoms with Crippen molar-refractivity contribution >= 4 is 27.7 Å². The van der Waals surface area contributed by atoms with Crippen molar-refractivity contribution in [2.24, 2.45) is 0 Å². The van der Waals surface area contributed by atoms with Crippen molar-refractivity contribution in [3.63, 3.8) is 0 Å². The standard InChI is InChI=1S/C7H9BrN2OS/c8-6-4-9-7(10-5-6)12-3-1-2-11/h4-5,11H,1-3H2. The van der Waals surface area contributed by atoms with Gasteiger partial charge in [-0.2, -0.15) is 0 Å². The predicted octanol–water partition coefficient (Wildman–Crippen LogP) is 1.71. The maximum atomic E-state index is 8.53. The largest absolute Gasteiger partial charge is 0.396 e. The SMILES string of the molecule is OCCCSc1ncc(Br)cn1. The molecule has 0 aliphatic heterocycles. The van der Waals surface area contributed by atoms with Crippen LogP contribution in [0.3, 0.4) is 0 Å². The Kier molecular flexibility index (Phi) is 4.57. The smallest absolute Gasteiger partial charge is 0.187 e. The summed E-state index contributed by atoms with van der Waals surface area (Å²) < 4.78 is 0.883. The van der Waals surface area contributed by atoms with Gasteiger partial charge in [-0.25, -0.2) is 9.97 Å². The van der Waals surface area contributed by atoms with Crippen molar-refractivity contribution in [1.82, 2.24) is 9.97 Å². The molecule has 1 aromatic rings. The molecule has 0 saturated heterocycles. The molecule has 12 heavy (non-hydrogen) atoms. The minimum atomic E-state index is 0.226. The lowest BCUT2D eigenvalue weighted by molar-refractivity contribution is 0.296. The fourth-order valence-electron chi connectivity index (χ4n) is 0.603. The number of aliphatic hydroxyl groups is 1. The molecule has 1 N–H and O–H groups in total. The molecule has 1 aromatic heterocycles. The summed E-state index contributed by atoms with van der Waals surface area (Å²) in [6.45, 7) is 0.226. The highest BCUT2D eigenvalue weighted by molar-refractivity contribution is 9.10. The van der Waals surface area contributed by atoms with E-state index in [1.165, 1.54) is 0 Å². The summed E-state index contributed by atoms with van der Waals surface area (Å²) in [6, 6.07) is 0. The predicted molar refractivity (Wildman–Crippen MR) is 52.2 cm³/mol. The van der Waals surface area contributed by atoms with Crippen LogP contribution in [0.4, 0.5) is 0 Å². The first-order valence-corrected chi connectivity index (χ1v) is 5.32. The Labute approximate surface area is 83.8 Å². The van der Waals surface area contributed by atoms with Crippen molar-refractivity contribution < 1.29 is 5.11 Å². The summed E-state index contributed by atoms with van der Waals surface area (Å²) in [5.74, 6) is 0.859. The van der Waals surface area contributed by atoms with Crippen LogP contribution in [0, 0.1) is 0 Å². The van der Waals surface area contributed by atoms with Crippen molar-refractivity contribution in [3.05, 3.63) is 16.9 Å². The topological polar surface area (TPSA) is 46.0 Å². The Bertz CT molecular complexity index is 229. The highest BCUT2D eigenvalue weighted by Crippen LogP contribution is 2.14. The van der Waals surface area contributed by atoms with Gasteiger partial charge in [-0.1, -0.05) is 11.8 Å². The van der Waals surface area contributed by atoms with Gasteiger partial charge in [0, 0.05) is 24.8 Å². The lowest BCUT2D eigenvalue weighted by atomic mass is 10.5. The minimum Gasteiger partial charge on any atom is -0.396 e. The molecule has 66 valence electrons. The molecule has 0 amide bonds. The maximum absolute atomic E-state index is 8.53. The van der Waals surface area contributed by atoms with Crippen molar-refractivity contribution in [1.29, 1.82) is 0 Å². The summed E-state index contributed by atoms with van der Waals surface area (Å²) in [4.78, 5) is 8.15. The van der Waals surface area contributed by atoms with Gasteiger partial charge in [-0.15, -0.1) is 0 Å². The van der Waals surface area contributed by atoms with Crippen LogP contribution in [0.15, 0.2) is 22.0 Å². The zero-order valence-electron chi connectivity index (χ0n) is 6.40. The molecular weight excluding hydrogens is 240 g/mol.